The van der Waals surface area contributed by atoms with Crippen LogP contribution in [-0.2, 0) is 19.1 Å². The van der Waals surface area contributed by atoms with Crippen LogP contribution in [0.1, 0.15) is 23.1 Å². The molecule has 0 aliphatic carbocycles. The van der Waals surface area contributed by atoms with E-state index in [-0.39, 0.29) is 25.5 Å². The van der Waals surface area contributed by atoms with Gasteiger partial charge in [0.2, 0.25) is 5.91 Å². The molecule has 0 radical (unpaired) electrons. The molecule has 3 rings (SSSR count). The van der Waals surface area contributed by atoms with Gasteiger partial charge in [0.25, 0.3) is 5.91 Å². The molecule has 1 N–H and O–H groups in total. The molecule has 146 valence electrons. The van der Waals surface area contributed by atoms with Gasteiger partial charge in [0, 0.05) is 24.3 Å². The SMILES string of the molecule is Cc1cccc(N2C[C@@H](C(=O)OCC(=O)Nc3c(C)cccc3C)CC2=O)c1. The Balaban J connectivity index is 1.55. The number of amides is 2. The Morgan fingerprint density at radius 2 is 1.79 bits per heavy atom. The van der Waals surface area contributed by atoms with Crippen molar-refractivity contribution in [3.8, 4) is 0 Å². The van der Waals surface area contributed by atoms with Crippen LogP contribution >= 0.6 is 0 Å². The normalized spacial score (nSPS) is 16.2. The summed E-state index contributed by atoms with van der Waals surface area (Å²) in [6.45, 7) is 5.64. The van der Waals surface area contributed by atoms with Crippen LogP contribution in [0.5, 0.6) is 0 Å². The molecular formula is C22H24N2O4. The maximum atomic E-state index is 12.3. The molecule has 1 aliphatic heterocycles. The van der Waals surface area contributed by atoms with E-state index in [1.807, 2.05) is 63.2 Å². The second kappa shape index (κ2) is 8.25. The summed E-state index contributed by atoms with van der Waals surface area (Å²) in [5.74, 6) is -1.61. The number of anilines is 2. The molecular weight excluding hydrogens is 356 g/mol. The molecule has 2 aromatic carbocycles. The van der Waals surface area contributed by atoms with E-state index in [0.29, 0.717) is 0 Å². The standard InChI is InChI=1S/C22H24N2O4/c1-14-6-4-9-18(10-14)24-12-17(11-20(24)26)22(27)28-13-19(25)23-21-15(2)7-5-8-16(21)3/h4-10,17H,11-13H2,1-3H3,(H,23,25)/t17-/m0/s1. The largest absolute Gasteiger partial charge is 0.455 e. The van der Waals surface area contributed by atoms with Gasteiger partial charge in [-0.15, -0.1) is 0 Å². The third-order valence-electron chi connectivity index (χ3n) is 4.86. The number of esters is 1. The zero-order chi connectivity index (χ0) is 20.3. The highest BCUT2D eigenvalue weighted by Crippen LogP contribution is 2.26. The second-order valence-electron chi connectivity index (χ2n) is 7.17. The van der Waals surface area contributed by atoms with Crippen molar-refractivity contribution in [1.29, 1.82) is 0 Å². The van der Waals surface area contributed by atoms with Crippen LogP contribution < -0.4 is 10.2 Å². The maximum Gasteiger partial charge on any atom is 0.311 e. The van der Waals surface area contributed by atoms with Crippen LogP contribution in [0, 0.1) is 26.7 Å². The average Bonchev–Trinajstić information content (AvgIpc) is 3.05. The fraction of sp³-hybridized carbons (Fsp3) is 0.318. The smallest absolute Gasteiger partial charge is 0.311 e. The molecule has 0 saturated carbocycles. The minimum absolute atomic E-state index is 0.0886. The van der Waals surface area contributed by atoms with E-state index in [0.717, 1.165) is 28.1 Å². The molecule has 0 aromatic heterocycles. The number of aryl methyl sites for hydroxylation is 3. The Bertz CT molecular complexity index is 902. The van der Waals surface area contributed by atoms with Gasteiger partial charge in [-0.3, -0.25) is 14.4 Å². The third kappa shape index (κ3) is 4.39. The molecule has 0 bridgehead atoms. The number of ether oxygens (including phenoxy) is 1. The van der Waals surface area contributed by atoms with E-state index < -0.39 is 17.8 Å². The first-order valence-corrected chi connectivity index (χ1v) is 9.25. The summed E-state index contributed by atoms with van der Waals surface area (Å²) in [6.07, 6.45) is 0.0886. The Morgan fingerprint density at radius 1 is 1.11 bits per heavy atom. The lowest BCUT2D eigenvalue weighted by atomic mass is 10.1. The summed E-state index contributed by atoms with van der Waals surface area (Å²) in [6, 6.07) is 13.3. The summed E-state index contributed by atoms with van der Waals surface area (Å²) >= 11 is 0. The molecule has 0 spiro atoms. The highest BCUT2D eigenvalue weighted by atomic mass is 16.5. The molecule has 6 heteroatoms. The molecule has 1 saturated heterocycles. The highest BCUT2D eigenvalue weighted by Gasteiger charge is 2.36. The average molecular weight is 380 g/mol. The van der Waals surface area contributed by atoms with Crippen molar-refractivity contribution in [3.63, 3.8) is 0 Å². The highest BCUT2D eigenvalue weighted by molar-refractivity contribution is 6.00. The van der Waals surface area contributed by atoms with Crippen LogP contribution in [0.3, 0.4) is 0 Å². The van der Waals surface area contributed by atoms with E-state index in [1.165, 1.54) is 0 Å². The fourth-order valence-corrected chi connectivity index (χ4v) is 3.35. The van der Waals surface area contributed by atoms with Crippen molar-refractivity contribution in [2.45, 2.75) is 27.2 Å². The van der Waals surface area contributed by atoms with Gasteiger partial charge < -0.3 is 15.0 Å². The van der Waals surface area contributed by atoms with Gasteiger partial charge in [0.1, 0.15) is 0 Å². The number of carbonyl (C=O) groups is 3. The Kier molecular flexibility index (Phi) is 5.78. The molecule has 0 unspecified atom stereocenters. The van der Waals surface area contributed by atoms with E-state index in [1.54, 1.807) is 4.90 Å². The first-order chi connectivity index (χ1) is 13.3. The van der Waals surface area contributed by atoms with Crippen molar-refractivity contribution in [2.24, 2.45) is 5.92 Å². The Hall–Kier alpha value is -3.15. The molecule has 1 heterocycles. The van der Waals surface area contributed by atoms with Gasteiger partial charge in [-0.05, 0) is 49.6 Å². The zero-order valence-corrected chi connectivity index (χ0v) is 16.3. The summed E-state index contributed by atoms with van der Waals surface area (Å²) < 4.78 is 5.17. The third-order valence-corrected chi connectivity index (χ3v) is 4.86. The van der Waals surface area contributed by atoms with Crippen molar-refractivity contribution in [2.75, 3.05) is 23.4 Å². The lowest BCUT2D eigenvalue weighted by Crippen LogP contribution is -2.28. The monoisotopic (exact) mass is 380 g/mol. The predicted molar refractivity (Wildman–Crippen MR) is 107 cm³/mol. The molecule has 1 aliphatic rings. The first kappa shape index (κ1) is 19.6. The summed E-state index contributed by atoms with van der Waals surface area (Å²) in [7, 11) is 0. The number of carbonyl (C=O) groups excluding carboxylic acids is 3. The molecule has 2 aromatic rings. The number of benzene rings is 2. The number of nitrogens with one attached hydrogen (secondary N) is 1. The summed E-state index contributed by atoms with van der Waals surface area (Å²) in [5.41, 5.74) is 4.42. The van der Waals surface area contributed by atoms with Gasteiger partial charge in [-0.25, -0.2) is 0 Å². The Morgan fingerprint density at radius 3 is 2.46 bits per heavy atom. The number of rotatable bonds is 5. The maximum absolute atomic E-state index is 12.3. The second-order valence-corrected chi connectivity index (χ2v) is 7.17. The van der Waals surface area contributed by atoms with Crippen LogP contribution in [0.4, 0.5) is 11.4 Å². The van der Waals surface area contributed by atoms with Gasteiger partial charge in [-0.1, -0.05) is 30.3 Å². The lowest BCUT2D eigenvalue weighted by Gasteiger charge is -2.17. The van der Waals surface area contributed by atoms with Gasteiger partial charge in [0.05, 0.1) is 5.92 Å². The van der Waals surface area contributed by atoms with Crippen LogP contribution in [-0.4, -0.2) is 30.9 Å². The van der Waals surface area contributed by atoms with E-state index in [2.05, 4.69) is 5.32 Å². The first-order valence-electron chi connectivity index (χ1n) is 9.25. The zero-order valence-electron chi connectivity index (χ0n) is 16.3. The predicted octanol–water partition coefficient (Wildman–Crippen LogP) is 3.15. The van der Waals surface area contributed by atoms with Crippen molar-refractivity contribution >= 4 is 29.2 Å². The van der Waals surface area contributed by atoms with Crippen LogP contribution in [0.15, 0.2) is 42.5 Å². The minimum atomic E-state index is -0.569. The Labute approximate surface area is 164 Å². The van der Waals surface area contributed by atoms with E-state index in [4.69, 9.17) is 4.74 Å². The van der Waals surface area contributed by atoms with Gasteiger partial charge in [-0.2, -0.15) is 0 Å². The molecule has 2 amide bonds. The van der Waals surface area contributed by atoms with Gasteiger partial charge in [0.15, 0.2) is 6.61 Å². The van der Waals surface area contributed by atoms with E-state index >= 15 is 0 Å². The summed E-state index contributed by atoms with van der Waals surface area (Å²) in [4.78, 5) is 38.4. The quantitative estimate of drug-likeness (QED) is 0.809. The topological polar surface area (TPSA) is 75.7 Å². The number of hydrogen-bond acceptors (Lipinski definition) is 4. The van der Waals surface area contributed by atoms with Crippen molar-refractivity contribution in [1.82, 2.24) is 0 Å². The lowest BCUT2D eigenvalue weighted by molar-refractivity contribution is -0.151. The number of nitrogens with zero attached hydrogens (tertiary/aromatic N) is 1. The number of para-hydroxylation sites is 1. The fourth-order valence-electron chi connectivity index (χ4n) is 3.35. The number of hydrogen-bond donors (Lipinski definition) is 1. The van der Waals surface area contributed by atoms with Crippen molar-refractivity contribution < 1.29 is 19.1 Å². The van der Waals surface area contributed by atoms with Crippen LogP contribution in [0.25, 0.3) is 0 Å². The molecule has 1 fully saturated rings. The van der Waals surface area contributed by atoms with Crippen molar-refractivity contribution in [3.05, 3.63) is 59.2 Å². The summed E-state index contributed by atoms with van der Waals surface area (Å²) in [5, 5.41) is 2.78. The molecule has 1 atom stereocenters. The van der Waals surface area contributed by atoms with E-state index in [9.17, 15) is 14.4 Å². The molecule has 6 nitrogen and oxygen atoms in total. The van der Waals surface area contributed by atoms with Gasteiger partial charge >= 0.3 is 5.97 Å². The minimum Gasteiger partial charge on any atom is -0.455 e. The van der Waals surface area contributed by atoms with Crippen LogP contribution in [0.2, 0.25) is 0 Å². The molecule has 28 heavy (non-hydrogen) atoms.